The average molecular weight is 295 g/mol. The number of hydrogen-bond donors (Lipinski definition) is 1. The molecule has 0 aliphatic rings. The molecule has 5 aromatic rings. The van der Waals surface area contributed by atoms with E-state index in [4.69, 9.17) is 4.98 Å². The van der Waals surface area contributed by atoms with Crippen LogP contribution in [0.1, 0.15) is 0 Å². The maximum Gasteiger partial charge on any atom is 0.0740 e. The van der Waals surface area contributed by atoms with Gasteiger partial charge >= 0.3 is 0 Å². The summed E-state index contributed by atoms with van der Waals surface area (Å²) in [5.74, 6) is 0. The highest BCUT2D eigenvalue weighted by atomic mass is 14.7. The van der Waals surface area contributed by atoms with Gasteiger partial charge < -0.3 is 4.98 Å². The number of nitrogens with zero attached hydrogens (tertiary/aromatic N) is 2. The lowest BCUT2D eigenvalue weighted by molar-refractivity contribution is 1.32. The smallest absolute Gasteiger partial charge is 0.0740 e. The number of rotatable bonds is 1. The number of para-hydroxylation sites is 1. The average Bonchev–Trinajstić information content (AvgIpc) is 2.99. The van der Waals surface area contributed by atoms with Crippen molar-refractivity contribution in [1.82, 2.24) is 15.0 Å². The molecule has 23 heavy (non-hydrogen) atoms. The Labute approximate surface area is 132 Å². The Balaban J connectivity index is 1.73. The first-order valence-corrected chi connectivity index (χ1v) is 7.60. The molecule has 0 radical (unpaired) electrons. The molecule has 3 heterocycles. The number of hydrogen-bond acceptors (Lipinski definition) is 2. The van der Waals surface area contributed by atoms with E-state index in [0.29, 0.717) is 0 Å². The molecular formula is C20H13N3. The number of H-pyrrole nitrogens is 1. The summed E-state index contributed by atoms with van der Waals surface area (Å²) in [7, 11) is 0. The van der Waals surface area contributed by atoms with Crippen LogP contribution in [-0.4, -0.2) is 15.0 Å². The predicted octanol–water partition coefficient (Wildman–Crippen LogP) is 4.93. The Kier molecular flexibility index (Phi) is 2.50. The van der Waals surface area contributed by atoms with Crippen molar-refractivity contribution >= 4 is 32.7 Å². The molecule has 0 unspecified atom stereocenters. The number of pyridine rings is 2. The molecule has 108 valence electrons. The van der Waals surface area contributed by atoms with Crippen LogP contribution in [0, 0.1) is 0 Å². The van der Waals surface area contributed by atoms with Crippen LogP contribution in [0.2, 0.25) is 0 Å². The highest BCUT2D eigenvalue weighted by Gasteiger charge is 2.07. The van der Waals surface area contributed by atoms with Gasteiger partial charge in [-0.25, -0.2) is 4.98 Å². The fraction of sp³-hybridized carbons (Fsp3) is 0. The summed E-state index contributed by atoms with van der Waals surface area (Å²) in [6.07, 6.45) is 3.62. The lowest BCUT2D eigenvalue weighted by Crippen LogP contribution is -1.86. The summed E-state index contributed by atoms with van der Waals surface area (Å²) in [6.45, 7) is 0. The van der Waals surface area contributed by atoms with Crippen LogP contribution in [0.4, 0.5) is 0 Å². The second-order valence-electron chi connectivity index (χ2n) is 5.70. The summed E-state index contributed by atoms with van der Waals surface area (Å²) in [5.41, 5.74) is 5.36. The zero-order valence-electron chi connectivity index (χ0n) is 12.3. The molecule has 0 atom stereocenters. The number of aromatic amines is 1. The second kappa shape index (κ2) is 4.65. The monoisotopic (exact) mass is 295 g/mol. The standard InChI is InChI=1S/C20H13N3/c1-2-4-19-15(3-1)16-7-5-13(11-20(16)23-19)17-8-6-14-12-21-10-9-18(14)22-17/h1-12,23H. The lowest BCUT2D eigenvalue weighted by Gasteiger charge is -2.03. The Morgan fingerprint density at radius 1 is 0.783 bits per heavy atom. The molecule has 2 aromatic carbocycles. The minimum atomic E-state index is 0.967. The van der Waals surface area contributed by atoms with Crippen LogP contribution in [0.5, 0.6) is 0 Å². The van der Waals surface area contributed by atoms with Gasteiger partial charge in [-0.15, -0.1) is 0 Å². The third-order valence-electron chi connectivity index (χ3n) is 4.29. The van der Waals surface area contributed by atoms with Gasteiger partial charge in [0, 0.05) is 45.1 Å². The van der Waals surface area contributed by atoms with E-state index in [1.54, 1.807) is 6.20 Å². The van der Waals surface area contributed by atoms with Crippen molar-refractivity contribution in [3.63, 3.8) is 0 Å². The molecule has 0 fully saturated rings. The zero-order valence-corrected chi connectivity index (χ0v) is 12.3. The number of nitrogens with one attached hydrogen (secondary N) is 1. The van der Waals surface area contributed by atoms with E-state index in [1.807, 2.05) is 18.3 Å². The van der Waals surface area contributed by atoms with Gasteiger partial charge in [0.25, 0.3) is 0 Å². The highest BCUT2D eigenvalue weighted by Crippen LogP contribution is 2.29. The van der Waals surface area contributed by atoms with E-state index in [-0.39, 0.29) is 0 Å². The molecule has 0 amide bonds. The van der Waals surface area contributed by atoms with Crippen molar-refractivity contribution in [3.8, 4) is 11.3 Å². The number of fused-ring (bicyclic) bond motifs is 4. The molecule has 0 aliphatic heterocycles. The Hall–Kier alpha value is -3.20. The van der Waals surface area contributed by atoms with Crippen molar-refractivity contribution in [1.29, 1.82) is 0 Å². The third kappa shape index (κ3) is 1.90. The summed E-state index contributed by atoms with van der Waals surface area (Å²) < 4.78 is 0. The largest absolute Gasteiger partial charge is 0.354 e. The fourth-order valence-electron chi connectivity index (χ4n) is 3.14. The second-order valence-corrected chi connectivity index (χ2v) is 5.70. The first-order valence-electron chi connectivity index (χ1n) is 7.60. The fourth-order valence-corrected chi connectivity index (χ4v) is 3.14. The van der Waals surface area contributed by atoms with Crippen LogP contribution in [0.15, 0.2) is 73.1 Å². The lowest BCUT2D eigenvalue weighted by atomic mass is 10.1. The van der Waals surface area contributed by atoms with Gasteiger partial charge in [-0.2, -0.15) is 0 Å². The number of benzene rings is 2. The summed E-state index contributed by atoms with van der Waals surface area (Å²) in [4.78, 5) is 12.4. The van der Waals surface area contributed by atoms with Crippen molar-refractivity contribution < 1.29 is 0 Å². The van der Waals surface area contributed by atoms with E-state index in [0.717, 1.165) is 33.2 Å². The SMILES string of the molecule is c1ccc2c(c1)[nH]c1cc(-c3ccc4cnccc4n3)ccc12. The predicted molar refractivity (Wildman–Crippen MR) is 94.3 cm³/mol. The third-order valence-corrected chi connectivity index (χ3v) is 4.29. The summed E-state index contributed by atoms with van der Waals surface area (Å²) in [5, 5.41) is 3.56. The van der Waals surface area contributed by atoms with Crippen LogP contribution in [0.25, 0.3) is 44.0 Å². The molecule has 5 rings (SSSR count). The minimum Gasteiger partial charge on any atom is -0.354 e. The van der Waals surface area contributed by atoms with Crippen molar-refractivity contribution in [3.05, 3.63) is 73.1 Å². The van der Waals surface area contributed by atoms with E-state index in [9.17, 15) is 0 Å². The Morgan fingerprint density at radius 2 is 1.70 bits per heavy atom. The van der Waals surface area contributed by atoms with Crippen LogP contribution in [-0.2, 0) is 0 Å². The Morgan fingerprint density at radius 3 is 2.70 bits per heavy atom. The van der Waals surface area contributed by atoms with E-state index in [1.165, 1.54) is 10.8 Å². The van der Waals surface area contributed by atoms with Gasteiger partial charge in [0.2, 0.25) is 0 Å². The summed E-state index contributed by atoms with van der Waals surface area (Å²) >= 11 is 0. The molecule has 0 spiro atoms. The normalized spacial score (nSPS) is 11.5. The van der Waals surface area contributed by atoms with Gasteiger partial charge in [-0.1, -0.05) is 30.3 Å². The maximum atomic E-state index is 4.75. The van der Waals surface area contributed by atoms with E-state index in [2.05, 4.69) is 58.5 Å². The molecule has 0 saturated heterocycles. The molecule has 0 aliphatic carbocycles. The molecule has 3 heteroatoms. The molecule has 0 bridgehead atoms. The van der Waals surface area contributed by atoms with Crippen molar-refractivity contribution in [2.45, 2.75) is 0 Å². The van der Waals surface area contributed by atoms with Crippen LogP contribution >= 0.6 is 0 Å². The van der Waals surface area contributed by atoms with Crippen LogP contribution in [0.3, 0.4) is 0 Å². The van der Waals surface area contributed by atoms with Gasteiger partial charge in [0.05, 0.1) is 11.2 Å². The molecule has 0 saturated carbocycles. The highest BCUT2D eigenvalue weighted by molar-refractivity contribution is 6.08. The van der Waals surface area contributed by atoms with Gasteiger partial charge in [-0.3, -0.25) is 4.98 Å². The van der Waals surface area contributed by atoms with Crippen LogP contribution < -0.4 is 0 Å². The first-order chi connectivity index (χ1) is 11.4. The van der Waals surface area contributed by atoms with Crippen molar-refractivity contribution in [2.24, 2.45) is 0 Å². The molecule has 3 nitrogen and oxygen atoms in total. The molecule has 3 aromatic heterocycles. The summed E-state index contributed by atoms with van der Waals surface area (Å²) in [6, 6.07) is 20.9. The van der Waals surface area contributed by atoms with Gasteiger partial charge in [-0.05, 0) is 30.3 Å². The van der Waals surface area contributed by atoms with E-state index >= 15 is 0 Å². The van der Waals surface area contributed by atoms with Gasteiger partial charge in [0.15, 0.2) is 0 Å². The number of aromatic nitrogens is 3. The zero-order chi connectivity index (χ0) is 15.2. The molecule has 1 N–H and O–H groups in total. The van der Waals surface area contributed by atoms with E-state index < -0.39 is 0 Å². The topological polar surface area (TPSA) is 41.6 Å². The van der Waals surface area contributed by atoms with Crippen molar-refractivity contribution in [2.75, 3.05) is 0 Å². The molecular weight excluding hydrogens is 282 g/mol. The first kappa shape index (κ1) is 12.4. The Bertz CT molecular complexity index is 1170. The maximum absolute atomic E-state index is 4.75. The minimum absolute atomic E-state index is 0.967. The van der Waals surface area contributed by atoms with Gasteiger partial charge in [0.1, 0.15) is 0 Å². The quantitative estimate of drug-likeness (QED) is 0.476.